The van der Waals surface area contributed by atoms with Gasteiger partial charge >= 0.3 is 5.97 Å². The molecule has 0 radical (unpaired) electrons. The average molecular weight is 356 g/mol. The predicted octanol–water partition coefficient (Wildman–Crippen LogP) is 3.47. The zero-order valence-electron chi connectivity index (χ0n) is 10.3. The maximum atomic E-state index is 12.1. The van der Waals surface area contributed by atoms with E-state index < -0.39 is 5.97 Å². The largest absolute Gasteiger partial charge is 0.496 e. The average Bonchev–Trinajstić information content (AvgIpc) is 2.87. The maximum absolute atomic E-state index is 12.1. The number of benzene rings is 1. The molecule has 0 aliphatic rings. The van der Waals surface area contributed by atoms with Gasteiger partial charge in [0.1, 0.15) is 5.75 Å². The Balaban J connectivity index is 2.27. The van der Waals surface area contributed by atoms with Gasteiger partial charge in [-0.3, -0.25) is 4.79 Å². The quantitative estimate of drug-likeness (QED) is 0.880. The number of hydrogen-bond donors (Lipinski definition) is 2. The number of thiophene rings is 1. The second-order valence-corrected chi connectivity index (χ2v) is 5.63. The first-order valence-electron chi connectivity index (χ1n) is 5.48. The Hall–Kier alpha value is -1.86. The molecular formula is C13H10BrNO4S. The third kappa shape index (κ3) is 3.17. The number of carbonyl (C=O) groups is 2. The van der Waals surface area contributed by atoms with Crippen molar-refractivity contribution in [3.05, 3.63) is 44.6 Å². The van der Waals surface area contributed by atoms with Gasteiger partial charge in [0, 0.05) is 15.9 Å². The Kier molecular flexibility index (Phi) is 4.41. The summed E-state index contributed by atoms with van der Waals surface area (Å²) in [4.78, 5) is 23.6. The number of carboxylic acids is 1. The highest BCUT2D eigenvalue weighted by molar-refractivity contribution is 9.10. The SMILES string of the molecule is COc1csc(C(=O)Nc2cc(Br)ccc2C(=O)O)c1. The van der Waals surface area contributed by atoms with E-state index in [1.54, 1.807) is 23.6 Å². The van der Waals surface area contributed by atoms with Crippen LogP contribution in [0, 0.1) is 0 Å². The summed E-state index contributed by atoms with van der Waals surface area (Å²) in [5, 5.41) is 13.4. The number of amides is 1. The molecule has 1 heterocycles. The number of halogens is 1. The zero-order chi connectivity index (χ0) is 14.7. The van der Waals surface area contributed by atoms with E-state index in [0.29, 0.717) is 15.1 Å². The van der Waals surface area contributed by atoms with Crippen molar-refractivity contribution in [3.63, 3.8) is 0 Å². The number of methoxy groups -OCH3 is 1. The Morgan fingerprint density at radius 2 is 2.10 bits per heavy atom. The fourth-order valence-electron chi connectivity index (χ4n) is 1.54. The first kappa shape index (κ1) is 14.5. The highest BCUT2D eigenvalue weighted by Gasteiger charge is 2.15. The molecule has 2 N–H and O–H groups in total. The van der Waals surface area contributed by atoms with Gasteiger partial charge in [0.25, 0.3) is 5.91 Å². The van der Waals surface area contributed by atoms with E-state index in [0.717, 1.165) is 0 Å². The van der Waals surface area contributed by atoms with E-state index in [1.165, 1.54) is 24.5 Å². The second kappa shape index (κ2) is 6.06. The van der Waals surface area contributed by atoms with Gasteiger partial charge in [-0.05, 0) is 18.2 Å². The third-order valence-corrected chi connectivity index (χ3v) is 3.90. The molecule has 5 nitrogen and oxygen atoms in total. The summed E-state index contributed by atoms with van der Waals surface area (Å²) in [5.41, 5.74) is 0.273. The molecule has 1 aromatic carbocycles. The number of hydrogen-bond acceptors (Lipinski definition) is 4. The number of aromatic carboxylic acids is 1. The molecule has 1 amide bonds. The first-order valence-corrected chi connectivity index (χ1v) is 7.15. The highest BCUT2D eigenvalue weighted by Crippen LogP contribution is 2.25. The van der Waals surface area contributed by atoms with Crippen molar-refractivity contribution in [2.24, 2.45) is 0 Å². The van der Waals surface area contributed by atoms with E-state index in [2.05, 4.69) is 21.2 Å². The minimum atomic E-state index is -1.10. The lowest BCUT2D eigenvalue weighted by Crippen LogP contribution is -2.13. The molecule has 0 fully saturated rings. The molecule has 104 valence electrons. The molecule has 2 rings (SSSR count). The van der Waals surface area contributed by atoms with Crippen LogP contribution in [0.15, 0.2) is 34.1 Å². The van der Waals surface area contributed by atoms with Crippen LogP contribution in [0.4, 0.5) is 5.69 Å². The zero-order valence-corrected chi connectivity index (χ0v) is 12.7. The van der Waals surface area contributed by atoms with Crippen LogP contribution in [0.1, 0.15) is 20.0 Å². The van der Waals surface area contributed by atoms with Gasteiger partial charge in [0.05, 0.1) is 23.2 Å². The van der Waals surface area contributed by atoms with E-state index in [1.807, 2.05) is 0 Å². The van der Waals surface area contributed by atoms with Gasteiger partial charge in [-0.25, -0.2) is 4.79 Å². The van der Waals surface area contributed by atoms with Crippen LogP contribution >= 0.6 is 27.3 Å². The smallest absolute Gasteiger partial charge is 0.337 e. The molecule has 0 atom stereocenters. The number of rotatable bonds is 4. The van der Waals surface area contributed by atoms with Crippen LogP contribution in [0.2, 0.25) is 0 Å². The molecule has 0 saturated carbocycles. The van der Waals surface area contributed by atoms with Gasteiger partial charge in [-0.2, -0.15) is 0 Å². The summed E-state index contributed by atoms with van der Waals surface area (Å²) in [5.74, 6) is -0.886. The van der Waals surface area contributed by atoms with E-state index in [-0.39, 0.29) is 17.2 Å². The minimum Gasteiger partial charge on any atom is -0.496 e. The molecule has 0 aliphatic carbocycles. The number of ether oxygens (including phenoxy) is 1. The number of carboxylic acid groups (broad SMARTS) is 1. The molecule has 0 spiro atoms. The van der Waals surface area contributed by atoms with Crippen LogP contribution in [-0.4, -0.2) is 24.1 Å². The molecule has 2 aromatic rings. The number of anilines is 1. The van der Waals surface area contributed by atoms with E-state index >= 15 is 0 Å². The Labute approximate surface area is 127 Å². The summed E-state index contributed by atoms with van der Waals surface area (Å²) in [6.07, 6.45) is 0. The molecule has 0 aliphatic heterocycles. The van der Waals surface area contributed by atoms with Gasteiger partial charge in [0.2, 0.25) is 0 Å². The second-order valence-electron chi connectivity index (χ2n) is 3.80. The van der Waals surface area contributed by atoms with Crippen LogP contribution in [-0.2, 0) is 0 Å². The van der Waals surface area contributed by atoms with Crippen LogP contribution < -0.4 is 10.1 Å². The van der Waals surface area contributed by atoms with Crippen molar-refractivity contribution in [1.82, 2.24) is 0 Å². The summed E-state index contributed by atoms with van der Waals surface area (Å²) in [6.45, 7) is 0. The lowest BCUT2D eigenvalue weighted by molar-refractivity contribution is 0.0698. The molecule has 0 bridgehead atoms. The van der Waals surface area contributed by atoms with Crippen LogP contribution in [0.25, 0.3) is 0 Å². The minimum absolute atomic E-state index is 0.0325. The van der Waals surface area contributed by atoms with Gasteiger partial charge in [0.15, 0.2) is 0 Å². The molecule has 20 heavy (non-hydrogen) atoms. The fraction of sp³-hybridized carbons (Fsp3) is 0.0769. The highest BCUT2D eigenvalue weighted by atomic mass is 79.9. The van der Waals surface area contributed by atoms with Crippen molar-refractivity contribution >= 4 is 44.8 Å². The van der Waals surface area contributed by atoms with Crippen molar-refractivity contribution in [1.29, 1.82) is 0 Å². The lowest BCUT2D eigenvalue weighted by Gasteiger charge is -2.08. The van der Waals surface area contributed by atoms with Crippen molar-refractivity contribution in [3.8, 4) is 5.75 Å². The third-order valence-electron chi connectivity index (χ3n) is 2.50. The molecular weight excluding hydrogens is 346 g/mol. The Morgan fingerprint density at radius 1 is 1.35 bits per heavy atom. The Bertz CT molecular complexity index is 668. The summed E-state index contributed by atoms with van der Waals surface area (Å²) in [6, 6.07) is 6.18. The van der Waals surface area contributed by atoms with Gasteiger partial charge < -0.3 is 15.2 Å². The van der Waals surface area contributed by atoms with Crippen LogP contribution in [0.3, 0.4) is 0 Å². The molecule has 0 saturated heterocycles. The molecule has 7 heteroatoms. The first-order chi connectivity index (χ1) is 9.51. The van der Waals surface area contributed by atoms with Crippen molar-refractivity contribution < 1.29 is 19.4 Å². The number of nitrogens with one attached hydrogen (secondary N) is 1. The van der Waals surface area contributed by atoms with E-state index in [9.17, 15) is 9.59 Å². The monoisotopic (exact) mass is 355 g/mol. The van der Waals surface area contributed by atoms with Gasteiger partial charge in [-0.1, -0.05) is 15.9 Å². The number of carbonyl (C=O) groups excluding carboxylic acids is 1. The summed E-state index contributed by atoms with van der Waals surface area (Å²) in [7, 11) is 1.51. The normalized spacial score (nSPS) is 10.1. The predicted molar refractivity (Wildman–Crippen MR) is 79.9 cm³/mol. The van der Waals surface area contributed by atoms with Crippen LogP contribution in [0.5, 0.6) is 5.75 Å². The lowest BCUT2D eigenvalue weighted by atomic mass is 10.2. The molecule has 1 aromatic heterocycles. The van der Waals surface area contributed by atoms with Gasteiger partial charge in [-0.15, -0.1) is 11.3 Å². The Morgan fingerprint density at radius 3 is 2.70 bits per heavy atom. The standard InChI is InChI=1S/C13H10BrNO4S/c1-19-8-5-11(20-6-8)12(16)15-10-4-7(14)2-3-9(10)13(17)18/h2-6H,1H3,(H,15,16)(H,17,18). The summed E-state index contributed by atoms with van der Waals surface area (Å²) < 4.78 is 5.69. The van der Waals surface area contributed by atoms with Crippen molar-refractivity contribution in [2.45, 2.75) is 0 Å². The van der Waals surface area contributed by atoms with E-state index in [4.69, 9.17) is 9.84 Å². The van der Waals surface area contributed by atoms with Crippen molar-refractivity contribution in [2.75, 3.05) is 12.4 Å². The maximum Gasteiger partial charge on any atom is 0.337 e. The molecule has 0 unspecified atom stereocenters. The topological polar surface area (TPSA) is 75.6 Å². The summed E-state index contributed by atoms with van der Waals surface area (Å²) >= 11 is 4.47. The fourth-order valence-corrected chi connectivity index (χ4v) is 2.65.